The molecule has 0 fully saturated rings. The maximum Gasteiger partial charge on any atom is 0.371 e. The van der Waals surface area contributed by atoms with Crippen LogP contribution in [0.15, 0.2) is 63.0 Å². The highest BCUT2D eigenvalue weighted by Crippen LogP contribution is 2.17. The van der Waals surface area contributed by atoms with E-state index in [2.05, 4.69) is 26.5 Å². The van der Waals surface area contributed by atoms with E-state index in [0.717, 1.165) is 10.0 Å². The molecule has 0 aliphatic heterocycles. The number of hydrazone groups is 1. The second-order valence-corrected chi connectivity index (χ2v) is 7.85. The molecular weight excluding hydrogens is 408 g/mol. The maximum absolute atomic E-state index is 12.8. The third-order valence-electron chi connectivity index (χ3n) is 3.17. The Morgan fingerprint density at radius 2 is 1.72 bits per heavy atom. The zero-order valence-corrected chi connectivity index (χ0v) is 16.1. The van der Waals surface area contributed by atoms with Crippen LogP contribution in [0.4, 0.5) is 5.69 Å². The van der Waals surface area contributed by atoms with Gasteiger partial charge in [0.2, 0.25) is 9.84 Å². The van der Waals surface area contributed by atoms with Gasteiger partial charge in [-0.2, -0.15) is 5.10 Å². The Balaban J connectivity index is 2.40. The van der Waals surface area contributed by atoms with Gasteiger partial charge in [-0.15, -0.1) is 0 Å². The van der Waals surface area contributed by atoms with Gasteiger partial charge < -0.3 is 4.74 Å². The van der Waals surface area contributed by atoms with E-state index in [-0.39, 0.29) is 11.5 Å². The summed E-state index contributed by atoms with van der Waals surface area (Å²) in [6.45, 7) is 3.47. The smallest absolute Gasteiger partial charge is 0.371 e. The molecule has 2 aromatic rings. The number of nitrogens with zero attached hydrogens (tertiary/aromatic N) is 1. The summed E-state index contributed by atoms with van der Waals surface area (Å²) in [6, 6.07) is 13.1. The minimum atomic E-state index is -4.11. The summed E-state index contributed by atoms with van der Waals surface area (Å²) in [5, 5.41) is 3.11. The minimum absolute atomic E-state index is 0.0255. The first kappa shape index (κ1) is 19.1. The Kier molecular flexibility index (Phi) is 6.33. The van der Waals surface area contributed by atoms with Crippen molar-refractivity contribution in [3.05, 3.63) is 58.6 Å². The van der Waals surface area contributed by atoms with Crippen LogP contribution < -0.4 is 5.43 Å². The van der Waals surface area contributed by atoms with Crippen molar-refractivity contribution in [2.24, 2.45) is 5.10 Å². The molecule has 8 heteroatoms. The van der Waals surface area contributed by atoms with Crippen molar-refractivity contribution in [3.63, 3.8) is 0 Å². The molecule has 0 aliphatic carbocycles. The van der Waals surface area contributed by atoms with Crippen LogP contribution >= 0.6 is 15.9 Å². The minimum Gasteiger partial charge on any atom is -0.461 e. The standard InChI is InChI=1S/C17H17BrN2O4S/c1-3-24-17(21)16(20-19-14-8-6-13(18)7-9-14)25(22,23)15-10-4-12(2)5-11-15/h4-11,19H,3H2,1-2H3/b20-16-. The quantitative estimate of drug-likeness (QED) is 0.351. The predicted molar refractivity (Wildman–Crippen MR) is 100 cm³/mol. The highest BCUT2D eigenvalue weighted by atomic mass is 79.9. The maximum atomic E-state index is 12.8. The highest BCUT2D eigenvalue weighted by Gasteiger charge is 2.30. The summed E-state index contributed by atoms with van der Waals surface area (Å²) in [7, 11) is -4.11. The molecule has 25 heavy (non-hydrogen) atoms. The van der Waals surface area contributed by atoms with Gasteiger partial charge in [0.05, 0.1) is 17.2 Å². The normalized spacial score (nSPS) is 11.9. The van der Waals surface area contributed by atoms with Gasteiger partial charge in [0.15, 0.2) is 0 Å². The Bertz CT molecular complexity index is 876. The van der Waals surface area contributed by atoms with Crippen LogP contribution in [0.3, 0.4) is 0 Å². The lowest BCUT2D eigenvalue weighted by Crippen LogP contribution is -2.28. The Labute approximate surface area is 154 Å². The zero-order valence-electron chi connectivity index (χ0n) is 13.7. The van der Waals surface area contributed by atoms with Crippen LogP contribution in [0.25, 0.3) is 0 Å². The van der Waals surface area contributed by atoms with Crippen molar-refractivity contribution >= 4 is 42.5 Å². The van der Waals surface area contributed by atoms with Gasteiger partial charge in [-0.3, -0.25) is 5.43 Å². The molecule has 0 saturated carbocycles. The van der Waals surface area contributed by atoms with Crippen molar-refractivity contribution in [3.8, 4) is 0 Å². The number of sulfone groups is 1. The van der Waals surface area contributed by atoms with E-state index in [1.165, 1.54) is 12.1 Å². The SMILES string of the molecule is CCOC(=O)/C(=N/Nc1ccc(Br)cc1)S(=O)(=O)c1ccc(C)cc1. The average molecular weight is 425 g/mol. The molecule has 0 spiro atoms. The molecule has 1 N–H and O–H groups in total. The monoisotopic (exact) mass is 424 g/mol. The topological polar surface area (TPSA) is 84.8 Å². The molecule has 2 aromatic carbocycles. The van der Waals surface area contributed by atoms with Gasteiger partial charge in [0.1, 0.15) is 0 Å². The highest BCUT2D eigenvalue weighted by molar-refractivity contribution is 9.10. The molecule has 2 rings (SSSR count). The number of carbonyl (C=O) groups is 1. The third-order valence-corrected chi connectivity index (χ3v) is 5.36. The van der Waals surface area contributed by atoms with Crippen LogP contribution in [0.2, 0.25) is 0 Å². The number of aryl methyl sites for hydroxylation is 1. The van der Waals surface area contributed by atoms with Crippen LogP contribution in [0.1, 0.15) is 12.5 Å². The Morgan fingerprint density at radius 3 is 2.28 bits per heavy atom. The second-order valence-electron chi connectivity index (χ2n) is 5.07. The lowest BCUT2D eigenvalue weighted by Gasteiger charge is -2.09. The summed E-state index contributed by atoms with van der Waals surface area (Å²) < 4.78 is 31.2. The molecule has 0 aromatic heterocycles. The number of hydrogen-bond donors (Lipinski definition) is 1. The van der Waals surface area contributed by atoms with Crippen LogP contribution in [-0.2, 0) is 19.4 Å². The van der Waals surface area contributed by atoms with E-state index < -0.39 is 20.9 Å². The van der Waals surface area contributed by atoms with E-state index in [9.17, 15) is 13.2 Å². The van der Waals surface area contributed by atoms with E-state index in [1.54, 1.807) is 43.3 Å². The molecule has 0 aliphatic rings. The lowest BCUT2D eigenvalue weighted by atomic mass is 10.2. The largest absolute Gasteiger partial charge is 0.461 e. The first-order chi connectivity index (χ1) is 11.8. The third kappa shape index (κ3) is 4.90. The number of carbonyl (C=O) groups excluding carboxylic acids is 1. The molecule has 132 valence electrons. The molecule has 0 atom stereocenters. The van der Waals surface area contributed by atoms with Crippen molar-refractivity contribution in [1.29, 1.82) is 0 Å². The number of rotatable bonds is 4. The van der Waals surface area contributed by atoms with E-state index in [1.807, 2.05) is 6.92 Å². The summed E-state index contributed by atoms with van der Waals surface area (Å²) in [6.07, 6.45) is 0. The molecular formula is C17H17BrN2O4S. The molecule has 0 amide bonds. The van der Waals surface area contributed by atoms with E-state index >= 15 is 0 Å². The summed E-state index contributed by atoms with van der Waals surface area (Å²) in [4.78, 5) is 12.1. The van der Waals surface area contributed by atoms with Gasteiger partial charge in [-0.1, -0.05) is 33.6 Å². The number of benzene rings is 2. The van der Waals surface area contributed by atoms with E-state index in [4.69, 9.17) is 4.74 Å². The van der Waals surface area contributed by atoms with Crippen LogP contribution in [0, 0.1) is 6.92 Å². The van der Waals surface area contributed by atoms with Crippen LogP contribution in [-0.4, -0.2) is 26.0 Å². The summed E-state index contributed by atoms with van der Waals surface area (Å²) >= 11 is 3.30. The van der Waals surface area contributed by atoms with Gasteiger partial charge in [0.25, 0.3) is 5.04 Å². The fourth-order valence-corrected chi connectivity index (χ4v) is 3.30. The Hall–Kier alpha value is -2.19. The van der Waals surface area contributed by atoms with Gasteiger partial charge in [0, 0.05) is 4.47 Å². The second kappa shape index (κ2) is 8.26. The first-order valence-corrected chi connectivity index (χ1v) is 9.70. The summed E-state index contributed by atoms with van der Waals surface area (Å²) in [5.74, 6) is -1.01. The van der Waals surface area contributed by atoms with Gasteiger partial charge in [-0.25, -0.2) is 13.2 Å². The average Bonchev–Trinajstić information content (AvgIpc) is 2.57. The van der Waals surface area contributed by atoms with Gasteiger partial charge >= 0.3 is 5.97 Å². The Morgan fingerprint density at radius 1 is 1.12 bits per heavy atom. The predicted octanol–water partition coefficient (Wildman–Crippen LogP) is 3.52. The fraction of sp³-hybridized carbons (Fsp3) is 0.176. The lowest BCUT2D eigenvalue weighted by molar-refractivity contribution is -0.134. The number of esters is 1. The van der Waals surface area contributed by atoms with Crippen molar-refractivity contribution < 1.29 is 17.9 Å². The molecule has 6 nitrogen and oxygen atoms in total. The molecule has 0 radical (unpaired) electrons. The van der Waals surface area contributed by atoms with Crippen molar-refractivity contribution in [1.82, 2.24) is 0 Å². The van der Waals surface area contributed by atoms with Crippen molar-refractivity contribution in [2.75, 3.05) is 12.0 Å². The van der Waals surface area contributed by atoms with E-state index in [0.29, 0.717) is 5.69 Å². The number of halogens is 1. The van der Waals surface area contributed by atoms with Crippen molar-refractivity contribution in [2.45, 2.75) is 18.7 Å². The van der Waals surface area contributed by atoms with Gasteiger partial charge in [-0.05, 0) is 50.2 Å². The molecule has 0 saturated heterocycles. The zero-order chi connectivity index (χ0) is 18.4. The number of hydrogen-bond acceptors (Lipinski definition) is 6. The molecule has 0 unspecified atom stereocenters. The molecule has 0 heterocycles. The van der Waals surface area contributed by atoms with Crippen LogP contribution in [0.5, 0.6) is 0 Å². The number of ether oxygens (including phenoxy) is 1. The number of anilines is 1. The first-order valence-electron chi connectivity index (χ1n) is 7.42. The fourth-order valence-electron chi connectivity index (χ4n) is 1.88. The number of nitrogens with one attached hydrogen (secondary N) is 1. The summed E-state index contributed by atoms with van der Waals surface area (Å²) in [5.41, 5.74) is 4.02. The molecule has 0 bridgehead atoms.